The van der Waals surface area contributed by atoms with E-state index in [0.717, 1.165) is 5.56 Å². The van der Waals surface area contributed by atoms with Crippen LogP contribution in [0.3, 0.4) is 0 Å². The number of nitrogens with zero attached hydrogens (tertiary/aromatic N) is 1. The van der Waals surface area contributed by atoms with Gasteiger partial charge in [-0.25, -0.2) is 9.59 Å². The quantitative estimate of drug-likeness (QED) is 0.903. The average molecular weight is 279 g/mol. The van der Waals surface area contributed by atoms with Crippen molar-refractivity contribution in [1.29, 1.82) is 0 Å². The van der Waals surface area contributed by atoms with Crippen molar-refractivity contribution in [1.82, 2.24) is 4.90 Å². The van der Waals surface area contributed by atoms with Crippen LogP contribution in [0.5, 0.6) is 0 Å². The molecular weight excluding hydrogens is 262 g/mol. The van der Waals surface area contributed by atoms with E-state index in [1.807, 2.05) is 30.3 Å². The van der Waals surface area contributed by atoms with E-state index in [1.54, 1.807) is 0 Å². The maximum Gasteiger partial charge on any atom is 0.410 e. The van der Waals surface area contributed by atoms with Gasteiger partial charge in [0.1, 0.15) is 12.6 Å². The molecule has 108 valence electrons. The van der Waals surface area contributed by atoms with Gasteiger partial charge in [0.2, 0.25) is 0 Å². The summed E-state index contributed by atoms with van der Waals surface area (Å²) in [6.45, 7) is 0.362. The minimum absolute atomic E-state index is 0.125. The molecule has 1 aliphatic rings. The molecule has 2 rings (SSSR count). The zero-order valence-corrected chi connectivity index (χ0v) is 11.2. The van der Waals surface area contributed by atoms with Crippen LogP contribution in [0.4, 0.5) is 4.79 Å². The summed E-state index contributed by atoms with van der Waals surface area (Å²) in [5, 5.41) is 9.13. The highest BCUT2D eigenvalue weighted by atomic mass is 16.6. The number of methoxy groups -OCH3 is 1. The number of hydrogen-bond acceptors (Lipinski definition) is 4. The van der Waals surface area contributed by atoms with E-state index >= 15 is 0 Å². The molecule has 1 heterocycles. The van der Waals surface area contributed by atoms with Gasteiger partial charge < -0.3 is 14.6 Å². The number of rotatable bonds is 4. The fraction of sp³-hybridized carbons (Fsp3) is 0.429. The van der Waals surface area contributed by atoms with Gasteiger partial charge in [-0.1, -0.05) is 30.3 Å². The van der Waals surface area contributed by atoms with Crippen molar-refractivity contribution in [2.24, 2.45) is 0 Å². The molecule has 20 heavy (non-hydrogen) atoms. The third kappa shape index (κ3) is 3.27. The molecule has 1 fully saturated rings. The molecule has 0 spiro atoms. The number of ether oxygens (including phenoxy) is 2. The van der Waals surface area contributed by atoms with Crippen LogP contribution in [0.1, 0.15) is 12.0 Å². The van der Waals surface area contributed by atoms with E-state index in [9.17, 15) is 9.59 Å². The third-order valence-electron chi connectivity index (χ3n) is 3.32. The molecule has 0 aliphatic carbocycles. The summed E-state index contributed by atoms with van der Waals surface area (Å²) in [5.41, 5.74) is 0.857. The Morgan fingerprint density at radius 2 is 2.05 bits per heavy atom. The van der Waals surface area contributed by atoms with Crippen LogP contribution in [-0.4, -0.2) is 47.9 Å². The zero-order chi connectivity index (χ0) is 14.5. The first-order valence-corrected chi connectivity index (χ1v) is 6.34. The Hall–Kier alpha value is -2.08. The Balaban J connectivity index is 1.95. The lowest BCUT2D eigenvalue weighted by molar-refractivity contribution is -0.141. The maximum atomic E-state index is 12.0. The number of carboxylic acid groups (broad SMARTS) is 1. The first-order chi connectivity index (χ1) is 9.61. The lowest BCUT2D eigenvalue weighted by atomic mass is 10.2. The Labute approximate surface area is 116 Å². The molecule has 0 radical (unpaired) electrons. The summed E-state index contributed by atoms with van der Waals surface area (Å²) < 4.78 is 10.3. The van der Waals surface area contributed by atoms with E-state index in [2.05, 4.69) is 0 Å². The fourth-order valence-electron chi connectivity index (χ4n) is 2.21. The monoisotopic (exact) mass is 279 g/mol. The number of amides is 1. The largest absolute Gasteiger partial charge is 0.480 e. The van der Waals surface area contributed by atoms with Crippen molar-refractivity contribution in [2.45, 2.75) is 25.2 Å². The van der Waals surface area contributed by atoms with Gasteiger partial charge in [0, 0.05) is 13.5 Å². The smallest absolute Gasteiger partial charge is 0.410 e. The summed E-state index contributed by atoms with van der Waals surface area (Å²) in [7, 11) is 1.50. The van der Waals surface area contributed by atoms with Crippen molar-refractivity contribution < 1.29 is 24.2 Å². The molecule has 1 aromatic rings. The van der Waals surface area contributed by atoms with Crippen LogP contribution in [0.15, 0.2) is 30.3 Å². The Bertz CT molecular complexity index is 476. The SMILES string of the molecule is CO[C@H]1C[C@@H](C(=O)O)N(C(=O)OCc2ccccc2)C1. The van der Waals surface area contributed by atoms with Crippen molar-refractivity contribution in [3.63, 3.8) is 0 Å². The van der Waals surface area contributed by atoms with Gasteiger partial charge >= 0.3 is 12.1 Å². The van der Waals surface area contributed by atoms with E-state index in [4.69, 9.17) is 14.6 Å². The first kappa shape index (κ1) is 14.3. The normalized spacial score (nSPS) is 21.8. The van der Waals surface area contributed by atoms with E-state index in [1.165, 1.54) is 12.0 Å². The molecule has 0 saturated carbocycles. The number of carbonyl (C=O) groups is 2. The topological polar surface area (TPSA) is 76.1 Å². The minimum atomic E-state index is -1.04. The number of aliphatic carboxylic acids is 1. The summed E-state index contributed by atoms with van der Waals surface area (Å²) in [6.07, 6.45) is -0.604. The van der Waals surface area contributed by atoms with E-state index in [-0.39, 0.29) is 25.7 Å². The van der Waals surface area contributed by atoms with Crippen molar-refractivity contribution in [3.05, 3.63) is 35.9 Å². The lowest BCUT2D eigenvalue weighted by Crippen LogP contribution is -2.40. The first-order valence-electron chi connectivity index (χ1n) is 6.34. The Morgan fingerprint density at radius 1 is 1.35 bits per heavy atom. The van der Waals surface area contributed by atoms with Crippen molar-refractivity contribution in [2.75, 3.05) is 13.7 Å². The van der Waals surface area contributed by atoms with Crippen LogP contribution in [-0.2, 0) is 20.9 Å². The highest BCUT2D eigenvalue weighted by Crippen LogP contribution is 2.21. The van der Waals surface area contributed by atoms with Gasteiger partial charge in [-0.2, -0.15) is 0 Å². The van der Waals surface area contributed by atoms with Crippen molar-refractivity contribution in [3.8, 4) is 0 Å². The van der Waals surface area contributed by atoms with Gasteiger partial charge in [-0.15, -0.1) is 0 Å². The number of carbonyl (C=O) groups excluding carboxylic acids is 1. The highest BCUT2D eigenvalue weighted by Gasteiger charge is 2.40. The molecule has 1 amide bonds. The molecule has 2 atom stereocenters. The fourth-order valence-corrected chi connectivity index (χ4v) is 2.21. The molecule has 1 N–H and O–H groups in total. The van der Waals surface area contributed by atoms with E-state index < -0.39 is 18.1 Å². The predicted octanol–water partition coefficient (Wildman–Crippen LogP) is 1.50. The molecule has 0 bridgehead atoms. The molecule has 1 saturated heterocycles. The van der Waals surface area contributed by atoms with Crippen molar-refractivity contribution >= 4 is 12.1 Å². The minimum Gasteiger partial charge on any atom is -0.480 e. The van der Waals surface area contributed by atoms with Crippen LogP contribution in [0, 0.1) is 0 Å². The summed E-state index contributed by atoms with van der Waals surface area (Å²) in [4.78, 5) is 24.3. The molecule has 0 unspecified atom stereocenters. The number of benzene rings is 1. The zero-order valence-electron chi connectivity index (χ0n) is 11.2. The molecule has 1 aliphatic heterocycles. The van der Waals surface area contributed by atoms with E-state index in [0.29, 0.717) is 0 Å². The highest BCUT2D eigenvalue weighted by molar-refractivity contribution is 5.80. The van der Waals surface area contributed by atoms with Gasteiger partial charge in [0.15, 0.2) is 0 Å². The summed E-state index contributed by atoms with van der Waals surface area (Å²) in [6, 6.07) is 8.35. The number of hydrogen-bond donors (Lipinski definition) is 1. The van der Waals surface area contributed by atoms with Gasteiger partial charge in [0.05, 0.1) is 12.6 Å². The molecule has 0 aromatic heterocycles. The number of carboxylic acids is 1. The van der Waals surface area contributed by atoms with Crippen LogP contribution < -0.4 is 0 Å². The van der Waals surface area contributed by atoms with Gasteiger partial charge in [-0.05, 0) is 5.56 Å². The lowest BCUT2D eigenvalue weighted by Gasteiger charge is -2.20. The summed E-state index contributed by atoms with van der Waals surface area (Å²) >= 11 is 0. The Morgan fingerprint density at radius 3 is 2.65 bits per heavy atom. The summed E-state index contributed by atoms with van der Waals surface area (Å²) in [5.74, 6) is -1.04. The molecule has 1 aromatic carbocycles. The Kier molecular flexibility index (Phi) is 4.57. The maximum absolute atomic E-state index is 12.0. The third-order valence-corrected chi connectivity index (χ3v) is 3.32. The second-order valence-electron chi connectivity index (χ2n) is 4.64. The number of likely N-dealkylation sites (tertiary alicyclic amines) is 1. The van der Waals surface area contributed by atoms with Gasteiger partial charge in [-0.3, -0.25) is 4.90 Å². The second-order valence-corrected chi connectivity index (χ2v) is 4.64. The molecule has 6 heteroatoms. The standard InChI is InChI=1S/C14H17NO5/c1-19-11-7-12(13(16)17)15(8-11)14(18)20-9-10-5-3-2-4-6-10/h2-6,11-12H,7-9H2,1H3,(H,16,17)/t11-,12-/m0/s1. The van der Waals surface area contributed by atoms with Crippen LogP contribution in [0.25, 0.3) is 0 Å². The average Bonchev–Trinajstić information content (AvgIpc) is 2.90. The van der Waals surface area contributed by atoms with Crippen LogP contribution >= 0.6 is 0 Å². The predicted molar refractivity (Wildman–Crippen MR) is 70.2 cm³/mol. The van der Waals surface area contributed by atoms with Crippen LogP contribution in [0.2, 0.25) is 0 Å². The molecule has 6 nitrogen and oxygen atoms in total. The second kappa shape index (κ2) is 6.38. The van der Waals surface area contributed by atoms with Gasteiger partial charge in [0.25, 0.3) is 0 Å². The molecular formula is C14H17NO5.